The van der Waals surface area contributed by atoms with Gasteiger partial charge in [0.25, 0.3) is 0 Å². The van der Waals surface area contributed by atoms with E-state index in [-0.39, 0.29) is 11.9 Å². The lowest BCUT2D eigenvalue weighted by Gasteiger charge is -2.20. The molecule has 0 aromatic carbocycles. The average Bonchev–Trinajstić information content (AvgIpc) is 2.79. The molecule has 1 aromatic rings. The van der Waals surface area contributed by atoms with Crippen LogP contribution in [0.2, 0.25) is 0 Å². The first-order valence-electron chi connectivity index (χ1n) is 7.22. The van der Waals surface area contributed by atoms with E-state index < -0.39 is 0 Å². The third-order valence-electron chi connectivity index (χ3n) is 3.48. The molecule has 1 aliphatic rings. The number of ether oxygens (including phenoxy) is 1. The second-order valence-electron chi connectivity index (χ2n) is 5.52. The molecule has 0 saturated heterocycles. The van der Waals surface area contributed by atoms with Crippen LogP contribution >= 0.6 is 0 Å². The Morgan fingerprint density at radius 2 is 2.16 bits per heavy atom. The highest BCUT2D eigenvalue weighted by Gasteiger charge is 2.30. The number of rotatable bonds is 5. The van der Waals surface area contributed by atoms with Gasteiger partial charge in [-0.25, -0.2) is 0 Å². The molecule has 2 rings (SSSR count). The topological polar surface area (TPSA) is 57.0 Å². The van der Waals surface area contributed by atoms with Crippen molar-refractivity contribution in [2.24, 2.45) is 5.92 Å². The zero-order valence-electron chi connectivity index (χ0n) is 12.1. The van der Waals surface area contributed by atoms with E-state index in [1.807, 2.05) is 6.92 Å². The summed E-state index contributed by atoms with van der Waals surface area (Å²) in [5.41, 5.74) is 0. The number of carbonyl (C=O) groups is 1. The fourth-order valence-electron chi connectivity index (χ4n) is 2.61. The molecule has 1 unspecified atom stereocenters. The minimum atomic E-state index is -0.278. The van der Waals surface area contributed by atoms with E-state index in [4.69, 9.17) is 4.74 Å². The maximum atomic E-state index is 12.2. The Balaban J connectivity index is 2.26. The number of aromatic nitrogens is 3. The third kappa shape index (κ3) is 3.14. The fourth-order valence-corrected chi connectivity index (χ4v) is 2.61. The fraction of sp³-hybridized carbons (Fsp3) is 0.786. The van der Waals surface area contributed by atoms with Crippen molar-refractivity contribution >= 4 is 5.97 Å². The Kier molecular flexibility index (Phi) is 4.56. The van der Waals surface area contributed by atoms with Crippen LogP contribution in [0, 0.1) is 5.92 Å². The van der Waals surface area contributed by atoms with Gasteiger partial charge in [-0.05, 0) is 32.1 Å². The van der Waals surface area contributed by atoms with Crippen molar-refractivity contribution in [1.29, 1.82) is 0 Å². The van der Waals surface area contributed by atoms with E-state index in [0.717, 1.165) is 43.9 Å². The van der Waals surface area contributed by atoms with Gasteiger partial charge >= 0.3 is 5.97 Å². The summed E-state index contributed by atoms with van der Waals surface area (Å²) in [6, 6.07) is 0. The Morgan fingerprint density at radius 3 is 2.84 bits per heavy atom. The standard InChI is InChI=1S/C14H23N3O2/c1-4-19-14(18)11(9-10(2)3)13-16-15-12-7-5-6-8-17(12)13/h10-11H,4-9H2,1-3H3. The zero-order chi connectivity index (χ0) is 13.8. The van der Waals surface area contributed by atoms with E-state index in [1.165, 1.54) is 0 Å². The van der Waals surface area contributed by atoms with Crippen LogP contribution in [0.5, 0.6) is 0 Å². The Morgan fingerprint density at radius 1 is 1.37 bits per heavy atom. The molecule has 0 N–H and O–H groups in total. The largest absolute Gasteiger partial charge is 0.465 e. The molecule has 0 saturated carbocycles. The monoisotopic (exact) mass is 265 g/mol. The van der Waals surface area contributed by atoms with Gasteiger partial charge in [0.15, 0.2) is 0 Å². The highest BCUT2D eigenvalue weighted by Crippen LogP contribution is 2.27. The average molecular weight is 265 g/mol. The van der Waals surface area contributed by atoms with Gasteiger partial charge in [-0.1, -0.05) is 13.8 Å². The lowest BCUT2D eigenvalue weighted by atomic mass is 9.96. The molecule has 1 atom stereocenters. The van der Waals surface area contributed by atoms with Crippen molar-refractivity contribution in [3.63, 3.8) is 0 Å². The SMILES string of the molecule is CCOC(=O)C(CC(C)C)c1nnc2n1CCCC2. The summed E-state index contributed by atoms with van der Waals surface area (Å²) in [5.74, 6) is 1.78. The summed E-state index contributed by atoms with van der Waals surface area (Å²) in [7, 11) is 0. The summed E-state index contributed by atoms with van der Waals surface area (Å²) < 4.78 is 7.32. The van der Waals surface area contributed by atoms with Crippen molar-refractivity contribution in [3.05, 3.63) is 11.6 Å². The summed E-state index contributed by atoms with van der Waals surface area (Å²) in [6.45, 7) is 7.39. The van der Waals surface area contributed by atoms with Crippen LogP contribution in [-0.4, -0.2) is 27.3 Å². The Hall–Kier alpha value is -1.39. The van der Waals surface area contributed by atoms with E-state index in [2.05, 4.69) is 28.6 Å². The summed E-state index contributed by atoms with van der Waals surface area (Å²) in [6.07, 6.45) is 4.02. The van der Waals surface area contributed by atoms with Gasteiger partial charge in [-0.2, -0.15) is 0 Å². The molecule has 0 fully saturated rings. The molecule has 0 radical (unpaired) electrons. The number of fused-ring (bicyclic) bond motifs is 1. The van der Waals surface area contributed by atoms with Crippen LogP contribution < -0.4 is 0 Å². The molecular formula is C14H23N3O2. The van der Waals surface area contributed by atoms with Crippen molar-refractivity contribution < 1.29 is 9.53 Å². The predicted octanol–water partition coefficient (Wildman–Crippen LogP) is 2.31. The second kappa shape index (κ2) is 6.17. The van der Waals surface area contributed by atoms with E-state index in [1.54, 1.807) is 0 Å². The molecule has 1 aliphatic heterocycles. The minimum absolute atomic E-state index is 0.169. The Bertz CT molecular complexity index is 440. The van der Waals surface area contributed by atoms with Gasteiger partial charge in [0.2, 0.25) is 0 Å². The van der Waals surface area contributed by atoms with Crippen molar-refractivity contribution in [2.45, 2.75) is 58.9 Å². The highest BCUT2D eigenvalue weighted by atomic mass is 16.5. The molecule has 1 aromatic heterocycles. The van der Waals surface area contributed by atoms with Crippen LogP contribution in [0.4, 0.5) is 0 Å². The number of esters is 1. The number of nitrogens with zero attached hydrogens (tertiary/aromatic N) is 3. The third-order valence-corrected chi connectivity index (χ3v) is 3.48. The van der Waals surface area contributed by atoms with Gasteiger partial charge in [-0.15, -0.1) is 10.2 Å². The quantitative estimate of drug-likeness (QED) is 0.767. The van der Waals surface area contributed by atoms with Crippen LogP contribution in [0.25, 0.3) is 0 Å². The molecule has 2 heterocycles. The van der Waals surface area contributed by atoms with E-state index >= 15 is 0 Å². The van der Waals surface area contributed by atoms with Gasteiger partial charge in [-0.3, -0.25) is 4.79 Å². The zero-order valence-corrected chi connectivity index (χ0v) is 12.1. The van der Waals surface area contributed by atoms with E-state index in [0.29, 0.717) is 12.5 Å². The van der Waals surface area contributed by atoms with E-state index in [9.17, 15) is 4.79 Å². The molecule has 106 valence electrons. The summed E-state index contributed by atoms with van der Waals surface area (Å²) in [5, 5.41) is 8.50. The van der Waals surface area contributed by atoms with Crippen LogP contribution in [0.3, 0.4) is 0 Å². The first-order valence-corrected chi connectivity index (χ1v) is 7.22. The van der Waals surface area contributed by atoms with Crippen molar-refractivity contribution in [1.82, 2.24) is 14.8 Å². The molecule has 0 spiro atoms. The molecular weight excluding hydrogens is 242 g/mol. The molecule has 5 nitrogen and oxygen atoms in total. The predicted molar refractivity (Wildman–Crippen MR) is 71.8 cm³/mol. The molecule has 19 heavy (non-hydrogen) atoms. The van der Waals surface area contributed by atoms with Gasteiger partial charge < -0.3 is 9.30 Å². The minimum Gasteiger partial charge on any atom is -0.465 e. The molecule has 5 heteroatoms. The second-order valence-corrected chi connectivity index (χ2v) is 5.52. The first-order chi connectivity index (χ1) is 9.13. The van der Waals surface area contributed by atoms with Gasteiger partial charge in [0.1, 0.15) is 17.6 Å². The van der Waals surface area contributed by atoms with Crippen molar-refractivity contribution in [2.75, 3.05) is 6.61 Å². The summed E-state index contributed by atoms with van der Waals surface area (Å²) >= 11 is 0. The van der Waals surface area contributed by atoms with Crippen LogP contribution in [0.1, 0.15) is 57.6 Å². The maximum absolute atomic E-state index is 12.2. The molecule has 0 amide bonds. The Labute approximate surface area is 114 Å². The lowest BCUT2D eigenvalue weighted by Crippen LogP contribution is -2.23. The smallest absolute Gasteiger partial charge is 0.316 e. The van der Waals surface area contributed by atoms with Crippen LogP contribution in [-0.2, 0) is 22.5 Å². The highest BCUT2D eigenvalue weighted by molar-refractivity contribution is 5.77. The first kappa shape index (κ1) is 14.0. The lowest BCUT2D eigenvalue weighted by molar-refractivity contribution is -0.145. The van der Waals surface area contributed by atoms with Gasteiger partial charge in [0, 0.05) is 13.0 Å². The number of aryl methyl sites for hydroxylation is 1. The normalized spacial score (nSPS) is 16.2. The van der Waals surface area contributed by atoms with Gasteiger partial charge in [0.05, 0.1) is 6.61 Å². The molecule has 0 aliphatic carbocycles. The molecule has 0 bridgehead atoms. The summed E-state index contributed by atoms with van der Waals surface area (Å²) in [4.78, 5) is 12.2. The number of carbonyl (C=O) groups excluding carboxylic acids is 1. The number of hydrogen-bond donors (Lipinski definition) is 0. The maximum Gasteiger partial charge on any atom is 0.316 e. The number of hydrogen-bond acceptors (Lipinski definition) is 4. The van der Waals surface area contributed by atoms with Crippen LogP contribution in [0.15, 0.2) is 0 Å². The van der Waals surface area contributed by atoms with Crippen molar-refractivity contribution in [3.8, 4) is 0 Å².